The fourth-order valence-corrected chi connectivity index (χ4v) is 2.58. The number of ether oxygens (including phenoxy) is 1. The van der Waals surface area contributed by atoms with Gasteiger partial charge in [-0.25, -0.2) is 4.79 Å². The number of aldehydes is 1. The monoisotopic (exact) mass is 297 g/mol. The Labute approximate surface area is 127 Å². The first-order chi connectivity index (χ1) is 10.7. The fourth-order valence-electron chi connectivity index (χ4n) is 2.58. The number of esters is 1. The van der Waals surface area contributed by atoms with Gasteiger partial charge < -0.3 is 13.6 Å². The van der Waals surface area contributed by atoms with Gasteiger partial charge in [0, 0.05) is 6.20 Å². The Hall–Kier alpha value is -2.82. The van der Waals surface area contributed by atoms with Crippen LogP contribution in [0.4, 0.5) is 0 Å². The Morgan fingerprint density at radius 1 is 1.32 bits per heavy atom. The smallest absolute Gasteiger partial charge is 0.341 e. The van der Waals surface area contributed by atoms with Crippen LogP contribution in [-0.2, 0) is 4.74 Å². The van der Waals surface area contributed by atoms with Crippen molar-refractivity contribution in [2.75, 3.05) is 6.61 Å². The lowest BCUT2D eigenvalue weighted by Crippen LogP contribution is -2.05. The van der Waals surface area contributed by atoms with Crippen LogP contribution in [0.1, 0.15) is 33.5 Å². The van der Waals surface area contributed by atoms with Crippen molar-refractivity contribution in [1.29, 1.82) is 0 Å². The number of hydrogen-bond donors (Lipinski definition) is 0. The zero-order chi connectivity index (χ0) is 15.7. The van der Waals surface area contributed by atoms with Gasteiger partial charge in [-0.3, -0.25) is 4.79 Å². The average molecular weight is 297 g/mol. The van der Waals surface area contributed by atoms with Crippen molar-refractivity contribution in [3.8, 4) is 11.3 Å². The van der Waals surface area contributed by atoms with Gasteiger partial charge in [0.15, 0.2) is 6.29 Å². The summed E-state index contributed by atoms with van der Waals surface area (Å²) in [4.78, 5) is 24.0. The molecule has 3 aromatic heterocycles. The Bertz CT molecular complexity index is 857. The molecule has 22 heavy (non-hydrogen) atoms. The molecule has 0 saturated heterocycles. The average Bonchev–Trinajstić information content (AvgIpc) is 3.08. The highest BCUT2D eigenvalue weighted by atomic mass is 16.5. The summed E-state index contributed by atoms with van der Waals surface area (Å²) >= 11 is 0. The minimum Gasteiger partial charge on any atom is -0.462 e. The second kappa shape index (κ2) is 5.52. The maximum atomic E-state index is 12.4. The first-order valence-electron chi connectivity index (χ1n) is 6.99. The maximum absolute atomic E-state index is 12.4. The predicted molar refractivity (Wildman–Crippen MR) is 81.2 cm³/mol. The summed E-state index contributed by atoms with van der Waals surface area (Å²) in [5.41, 5.74) is 1.80. The van der Waals surface area contributed by atoms with E-state index in [1.165, 1.54) is 0 Å². The Balaban J connectivity index is 2.39. The zero-order valence-corrected chi connectivity index (χ0v) is 12.3. The molecule has 0 spiro atoms. The van der Waals surface area contributed by atoms with E-state index in [0.29, 0.717) is 33.9 Å². The number of aryl methyl sites for hydroxylation is 1. The molecule has 0 aliphatic heterocycles. The molecule has 0 bridgehead atoms. The lowest BCUT2D eigenvalue weighted by molar-refractivity contribution is 0.0529. The van der Waals surface area contributed by atoms with Crippen LogP contribution < -0.4 is 0 Å². The van der Waals surface area contributed by atoms with E-state index in [1.807, 2.05) is 13.0 Å². The van der Waals surface area contributed by atoms with Crippen LogP contribution in [0.5, 0.6) is 0 Å². The van der Waals surface area contributed by atoms with Crippen LogP contribution in [0.15, 0.2) is 40.9 Å². The molecule has 0 unspecified atom stereocenters. The van der Waals surface area contributed by atoms with E-state index in [1.54, 1.807) is 41.8 Å². The number of fused-ring (bicyclic) bond motifs is 1. The molecular formula is C17H15NO4. The highest BCUT2D eigenvalue weighted by Crippen LogP contribution is 2.34. The van der Waals surface area contributed by atoms with Crippen molar-refractivity contribution in [3.63, 3.8) is 0 Å². The fraction of sp³-hybridized carbons (Fsp3) is 0.176. The van der Waals surface area contributed by atoms with E-state index in [0.717, 1.165) is 6.29 Å². The third-order valence-electron chi connectivity index (χ3n) is 3.46. The van der Waals surface area contributed by atoms with E-state index in [2.05, 4.69) is 0 Å². The SMILES string of the molecule is CCOC(=O)c1c(-c2ccc(C)o2)c(C=O)n2ccccc12. The van der Waals surface area contributed by atoms with E-state index < -0.39 is 5.97 Å². The summed E-state index contributed by atoms with van der Waals surface area (Å²) < 4.78 is 12.5. The number of aromatic nitrogens is 1. The van der Waals surface area contributed by atoms with Gasteiger partial charge in [-0.1, -0.05) is 6.07 Å². The molecule has 0 saturated carbocycles. The summed E-state index contributed by atoms with van der Waals surface area (Å²) in [6.07, 6.45) is 2.46. The normalized spacial score (nSPS) is 10.8. The zero-order valence-electron chi connectivity index (χ0n) is 12.3. The number of rotatable bonds is 4. The van der Waals surface area contributed by atoms with Gasteiger partial charge in [0.2, 0.25) is 0 Å². The highest BCUT2D eigenvalue weighted by molar-refractivity contribution is 6.08. The lowest BCUT2D eigenvalue weighted by atomic mass is 10.1. The molecule has 0 aliphatic carbocycles. The van der Waals surface area contributed by atoms with Gasteiger partial charge in [0.05, 0.1) is 28.9 Å². The second-order valence-corrected chi connectivity index (χ2v) is 4.84. The lowest BCUT2D eigenvalue weighted by Gasteiger charge is -2.03. The molecule has 112 valence electrons. The topological polar surface area (TPSA) is 60.9 Å². The van der Waals surface area contributed by atoms with E-state index in [9.17, 15) is 9.59 Å². The van der Waals surface area contributed by atoms with Gasteiger partial charge in [-0.15, -0.1) is 0 Å². The summed E-state index contributed by atoms with van der Waals surface area (Å²) in [6.45, 7) is 3.81. The van der Waals surface area contributed by atoms with Crippen molar-refractivity contribution < 1.29 is 18.7 Å². The van der Waals surface area contributed by atoms with Crippen molar-refractivity contribution in [1.82, 2.24) is 4.40 Å². The molecule has 0 amide bonds. The van der Waals surface area contributed by atoms with Crippen LogP contribution in [-0.4, -0.2) is 23.3 Å². The quantitative estimate of drug-likeness (QED) is 0.546. The minimum atomic E-state index is -0.469. The number of furan rings is 1. The van der Waals surface area contributed by atoms with Crippen molar-refractivity contribution >= 4 is 17.8 Å². The molecule has 5 nitrogen and oxygen atoms in total. The second-order valence-electron chi connectivity index (χ2n) is 4.84. The van der Waals surface area contributed by atoms with Crippen LogP contribution in [0.25, 0.3) is 16.8 Å². The van der Waals surface area contributed by atoms with Crippen LogP contribution in [0.2, 0.25) is 0 Å². The molecule has 0 fully saturated rings. The molecular weight excluding hydrogens is 282 g/mol. The molecule has 0 aromatic carbocycles. The predicted octanol–water partition coefficient (Wildman–Crippen LogP) is 3.50. The van der Waals surface area contributed by atoms with Crippen LogP contribution >= 0.6 is 0 Å². The van der Waals surface area contributed by atoms with Gasteiger partial charge in [0.25, 0.3) is 0 Å². The molecule has 0 atom stereocenters. The Kier molecular flexibility index (Phi) is 3.55. The molecule has 0 N–H and O–H groups in total. The van der Waals surface area contributed by atoms with E-state index in [4.69, 9.17) is 9.15 Å². The van der Waals surface area contributed by atoms with Gasteiger partial charge in [-0.05, 0) is 38.1 Å². The van der Waals surface area contributed by atoms with E-state index >= 15 is 0 Å². The molecule has 5 heteroatoms. The molecule has 3 aromatic rings. The van der Waals surface area contributed by atoms with Crippen LogP contribution in [0, 0.1) is 6.92 Å². The Morgan fingerprint density at radius 3 is 2.77 bits per heavy atom. The van der Waals surface area contributed by atoms with Gasteiger partial charge in [0.1, 0.15) is 11.5 Å². The first kappa shape index (κ1) is 14.1. The number of carbonyl (C=O) groups is 2. The summed E-state index contributed by atoms with van der Waals surface area (Å²) in [5.74, 6) is 0.714. The number of hydrogen-bond acceptors (Lipinski definition) is 4. The largest absolute Gasteiger partial charge is 0.462 e. The Morgan fingerprint density at radius 2 is 2.14 bits per heavy atom. The highest BCUT2D eigenvalue weighted by Gasteiger charge is 2.26. The maximum Gasteiger partial charge on any atom is 0.341 e. The summed E-state index contributed by atoms with van der Waals surface area (Å²) in [6, 6.07) is 8.93. The number of nitrogens with zero attached hydrogens (tertiary/aromatic N) is 1. The van der Waals surface area contributed by atoms with Crippen LogP contribution in [0.3, 0.4) is 0 Å². The number of carbonyl (C=O) groups excluding carboxylic acids is 2. The molecule has 3 heterocycles. The van der Waals surface area contributed by atoms with E-state index in [-0.39, 0.29) is 6.61 Å². The standard InChI is InChI=1S/C17H15NO4/c1-3-21-17(20)16-12-6-4-5-9-18(12)13(10-19)15(16)14-8-7-11(2)22-14/h4-10H,3H2,1-2H3. The van der Waals surface area contributed by atoms with Gasteiger partial charge in [-0.2, -0.15) is 0 Å². The first-order valence-corrected chi connectivity index (χ1v) is 6.99. The summed E-state index contributed by atoms with van der Waals surface area (Å²) in [7, 11) is 0. The van der Waals surface area contributed by atoms with Crippen molar-refractivity contribution in [2.24, 2.45) is 0 Å². The third-order valence-corrected chi connectivity index (χ3v) is 3.46. The number of pyridine rings is 1. The van der Waals surface area contributed by atoms with Gasteiger partial charge >= 0.3 is 5.97 Å². The minimum absolute atomic E-state index is 0.260. The summed E-state index contributed by atoms with van der Waals surface area (Å²) in [5, 5.41) is 0. The molecule has 0 aliphatic rings. The third kappa shape index (κ3) is 2.11. The van der Waals surface area contributed by atoms with Crippen molar-refractivity contribution in [2.45, 2.75) is 13.8 Å². The molecule has 0 radical (unpaired) electrons. The molecule has 3 rings (SSSR count). The van der Waals surface area contributed by atoms with Crippen molar-refractivity contribution in [3.05, 3.63) is 53.5 Å².